The van der Waals surface area contributed by atoms with Gasteiger partial charge in [0.05, 0.1) is 31.6 Å². The average Bonchev–Trinajstić information content (AvgIpc) is 2.95. The molecule has 0 fully saturated rings. The maximum atomic E-state index is 11.7. The van der Waals surface area contributed by atoms with Gasteiger partial charge in [0.2, 0.25) is 0 Å². The topological polar surface area (TPSA) is 84.1 Å². The van der Waals surface area contributed by atoms with Gasteiger partial charge in [-0.05, 0) is 6.92 Å². The molecule has 2 heterocycles. The number of hydrogen-bond donors (Lipinski definition) is 0. The molecule has 0 bridgehead atoms. The molecule has 0 aliphatic rings. The predicted molar refractivity (Wildman–Crippen MR) is 74.1 cm³/mol. The van der Waals surface area contributed by atoms with E-state index >= 15 is 0 Å². The van der Waals surface area contributed by atoms with E-state index in [9.17, 15) is 4.79 Å². The van der Waals surface area contributed by atoms with Crippen LogP contribution in [0.25, 0.3) is 0 Å². The van der Waals surface area contributed by atoms with Gasteiger partial charge in [-0.25, -0.2) is 9.48 Å². The number of halogens is 1. The molecular weight excluding hydrogens is 298 g/mol. The van der Waals surface area contributed by atoms with Crippen LogP contribution in [-0.4, -0.2) is 45.0 Å². The molecule has 2 rings (SSSR count). The molecule has 0 spiro atoms. The maximum Gasteiger partial charge on any atom is 0.360 e. The number of methoxy groups -OCH3 is 2. The van der Waals surface area contributed by atoms with Crippen molar-refractivity contribution in [2.75, 3.05) is 14.2 Å². The molecule has 0 aliphatic heterocycles. The van der Waals surface area contributed by atoms with E-state index in [0.717, 1.165) is 11.3 Å². The minimum atomic E-state index is -0.553. The molecule has 0 radical (unpaired) electrons. The highest BCUT2D eigenvalue weighted by Crippen LogP contribution is 2.21. The molecule has 0 unspecified atom stereocenters. The molecule has 0 N–H and O–H groups in total. The fourth-order valence-corrected chi connectivity index (χ4v) is 2.23. The van der Waals surface area contributed by atoms with E-state index in [2.05, 4.69) is 20.1 Å². The molecule has 9 heteroatoms. The summed E-state index contributed by atoms with van der Waals surface area (Å²) in [5.74, 6) is -0.553. The Bertz CT molecular complexity index is 664. The van der Waals surface area contributed by atoms with Gasteiger partial charge in [-0.1, -0.05) is 16.8 Å². The minimum Gasteiger partial charge on any atom is -0.464 e. The van der Waals surface area contributed by atoms with Crippen molar-refractivity contribution in [1.29, 1.82) is 0 Å². The quantitative estimate of drug-likeness (QED) is 0.764. The van der Waals surface area contributed by atoms with Crippen LogP contribution in [0.2, 0.25) is 5.15 Å². The number of ether oxygens (including phenoxy) is 2. The first-order chi connectivity index (χ1) is 9.99. The number of esters is 1. The number of hydrogen-bond acceptors (Lipinski definition) is 6. The number of rotatable bonds is 5. The van der Waals surface area contributed by atoms with Crippen LogP contribution in [0.5, 0.6) is 0 Å². The van der Waals surface area contributed by atoms with Gasteiger partial charge >= 0.3 is 5.97 Å². The first-order valence-electron chi connectivity index (χ1n) is 6.17. The summed E-state index contributed by atoms with van der Waals surface area (Å²) in [7, 11) is 4.58. The Morgan fingerprint density at radius 3 is 2.62 bits per heavy atom. The van der Waals surface area contributed by atoms with Gasteiger partial charge in [-0.3, -0.25) is 4.68 Å². The molecule has 0 saturated carbocycles. The molecule has 2 aromatic rings. The summed E-state index contributed by atoms with van der Waals surface area (Å²) >= 11 is 6.21. The Labute approximate surface area is 126 Å². The van der Waals surface area contributed by atoms with Crippen molar-refractivity contribution in [1.82, 2.24) is 24.8 Å². The molecule has 21 heavy (non-hydrogen) atoms. The number of aryl methyl sites for hydroxylation is 2. The molecular formula is C12H16ClN5O3. The van der Waals surface area contributed by atoms with Crippen molar-refractivity contribution < 1.29 is 14.3 Å². The second-order valence-corrected chi connectivity index (χ2v) is 4.80. The number of carbonyl (C=O) groups is 1. The van der Waals surface area contributed by atoms with Gasteiger partial charge < -0.3 is 9.47 Å². The summed E-state index contributed by atoms with van der Waals surface area (Å²) in [6, 6.07) is 0. The second-order valence-electron chi connectivity index (χ2n) is 4.45. The Kier molecular flexibility index (Phi) is 4.59. The highest BCUT2D eigenvalue weighted by molar-refractivity contribution is 6.30. The summed E-state index contributed by atoms with van der Waals surface area (Å²) < 4.78 is 12.9. The van der Waals surface area contributed by atoms with E-state index in [1.54, 1.807) is 16.4 Å². The van der Waals surface area contributed by atoms with E-state index in [1.165, 1.54) is 14.2 Å². The molecule has 0 atom stereocenters. The van der Waals surface area contributed by atoms with Crippen LogP contribution >= 0.6 is 11.6 Å². The SMILES string of the molecule is COCc1c(C(=O)OC)nnn1Cc1c(C)nn(C)c1Cl. The smallest absolute Gasteiger partial charge is 0.360 e. The normalized spacial score (nSPS) is 10.9. The Balaban J connectivity index is 2.40. The molecule has 8 nitrogen and oxygen atoms in total. The van der Waals surface area contributed by atoms with Gasteiger partial charge in [0, 0.05) is 19.7 Å². The third-order valence-electron chi connectivity index (χ3n) is 3.08. The van der Waals surface area contributed by atoms with Crippen molar-refractivity contribution in [2.24, 2.45) is 7.05 Å². The monoisotopic (exact) mass is 313 g/mol. The zero-order valence-corrected chi connectivity index (χ0v) is 13.0. The summed E-state index contributed by atoms with van der Waals surface area (Å²) in [5.41, 5.74) is 2.28. The van der Waals surface area contributed by atoms with Crippen molar-refractivity contribution >= 4 is 17.6 Å². The largest absolute Gasteiger partial charge is 0.464 e. The highest BCUT2D eigenvalue weighted by Gasteiger charge is 2.22. The van der Waals surface area contributed by atoms with Crippen LogP contribution in [0, 0.1) is 6.92 Å². The van der Waals surface area contributed by atoms with Gasteiger partial charge in [0.15, 0.2) is 5.69 Å². The van der Waals surface area contributed by atoms with Gasteiger partial charge in [0.1, 0.15) is 5.15 Å². The zero-order valence-electron chi connectivity index (χ0n) is 12.3. The van der Waals surface area contributed by atoms with Crippen LogP contribution in [0.3, 0.4) is 0 Å². The van der Waals surface area contributed by atoms with Gasteiger partial charge in [0.25, 0.3) is 0 Å². The number of nitrogens with zero attached hydrogens (tertiary/aromatic N) is 5. The van der Waals surface area contributed by atoms with E-state index in [4.69, 9.17) is 16.3 Å². The van der Waals surface area contributed by atoms with Gasteiger partial charge in [-0.15, -0.1) is 5.10 Å². The lowest BCUT2D eigenvalue weighted by Crippen LogP contribution is -2.11. The fraction of sp³-hybridized carbons (Fsp3) is 0.500. The Hall–Kier alpha value is -1.93. The Morgan fingerprint density at radius 1 is 1.38 bits per heavy atom. The molecule has 0 amide bonds. The third kappa shape index (κ3) is 2.91. The van der Waals surface area contributed by atoms with E-state index < -0.39 is 5.97 Å². The van der Waals surface area contributed by atoms with E-state index in [0.29, 0.717) is 17.4 Å². The predicted octanol–water partition coefficient (Wildman–Crippen LogP) is 0.955. The number of aromatic nitrogens is 5. The molecule has 0 aliphatic carbocycles. The van der Waals surface area contributed by atoms with Crippen LogP contribution in [0.15, 0.2) is 0 Å². The molecule has 0 aromatic carbocycles. The van der Waals surface area contributed by atoms with Crippen molar-refractivity contribution in [3.05, 3.63) is 27.8 Å². The summed E-state index contributed by atoms with van der Waals surface area (Å²) in [4.78, 5) is 11.7. The van der Waals surface area contributed by atoms with E-state index in [1.807, 2.05) is 6.92 Å². The number of carbonyl (C=O) groups excluding carboxylic acids is 1. The van der Waals surface area contributed by atoms with Crippen molar-refractivity contribution in [3.8, 4) is 0 Å². The standard InChI is InChI=1S/C12H16ClN5O3/c1-7-8(11(13)17(2)15-7)5-18-9(6-20-3)10(14-16-18)12(19)21-4/h5-6H2,1-4H3. The first kappa shape index (κ1) is 15.5. The highest BCUT2D eigenvalue weighted by atomic mass is 35.5. The average molecular weight is 314 g/mol. The van der Waals surface area contributed by atoms with Crippen LogP contribution in [-0.2, 0) is 29.7 Å². The van der Waals surface area contributed by atoms with Crippen molar-refractivity contribution in [3.63, 3.8) is 0 Å². The van der Waals surface area contributed by atoms with Crippen LogP contribution < -0.4 is 0 Å². The lowest BCUT2D eigenvalue weighted by molar-refractivity contribution is 0.0588. The fourth-order valence-electron chi connectivity index (χ4n) is 2.00. The molecule has 2 aromatic heterocycles. The summed E-state index contributed by atoms with van der Waals surface area (Å²) in [6.07, 6.45) is 0. The minimum absolute atomic E-state index is 0.136. The zero-order chi connectivity index (χ0) is 15.6. The third-order valence-corrected chi connectivity index (χ3v) is 3.55. The second kappa shape index (κ2) is 6.23. The first-order valence-corrected chi connectivity index (χ1v) is 6.55. The van der Waals surface area contributed by atoms with Gasteiger partial charge in [-0.2, -0.15) is 5.10 Å². The maximum absolute atomic E-state index is 11.7. The van der Waals surface area contributed by atoms with Crippen molar-refractivity contribution in [2.45, 2.75) is 20.1 Å². The lowest BCUT2D eigenvalue weighted by Gasteiger charge is -2.06. The van der Waals surface area contributed by atoms with E-state index in [-0.39, 0.29) is 12.3 Å². The summed E-state index contributed by atoms with van der Waals surface area (Å²) in [5, 5.41) is 12.6. The lowest BCUT2D eigenvalue weighted by atomic mass is 10.2. The molecule has 114 valence electrons. The molecule has 0 saturated heterocycles. The summed E-state index contributed by atoms with van der Waals surface area (Å²) in [6.45, 7) is 2.39. The Morgan fingerprint density at radius 2 is 2.10 bits per heavy atom. The van der Waals surface area contributed by atoms with Crippen LogP contribution in [0.4, 0.5) is 0 Å². The van der Waals surface area contributed by atoms with Crippen LogP contribution in [0.1, 0.15) is 27.4 Å².